The molecule has 4 rings (SSSR count). The topological polar surface area (TPSA) is 105 Å². The minimum Gasteiger partial charge on any atom is -0.392 e. The largest absolute Gasteiger partial charge is 0.434 e. The molecule has 2 aromatic rings. The number of carbonyl (C=O) groups excluding carboxylic acids is 1. The molecule has 0 saturated carbocycles. The number of carbonyl (C=O) groups is 1. The van der Waals surface area contributed by atoms with E-state index in [1.165, 1.54) is 0 Å². The van der Waals surface area contributed by atoms with Crippen LogP contribution in [0.4, 0.5) is 5.69 Å². The maximum atomic E-state index is 13.2. The predicted octanol–water partition coefficient (Wildman–Crippen LogP) is 0.614. The molecule has 0 aromatic carbocycles. The zero-order chi connectivity index (χ0) is 17.9. The highest BCUT2D eigenvalue weighted by molar-refractivity contribution is 5.99. The Hall–Kier alpha value is -2.68. The first-order valence-electron chi connectivity index (χ1n) is 8.84. The van der Waals surface area contributed by atoms with E-state index in [9.17, 15) is 9.59 Å². The van der Waals surface area contributed by atoms with Gasteiger partial charge in [0.1, 0.15) is 0 Å². The minimum absolute atomic E-state index is 0.0310. The third-order valence-corrected chi connectivity index (χ3v) is 4.89. The fourth-order valence-corrected chi connectivity index (χ4v) is 3.57. The van der Waals surface area contributed by atoms with Crippen molar-refractivity contribution in [2.75, 3.05) is 44.3 Å². The summed E-state index contributed by atoms with van der Waals surface area (Å²) in [5, 5.41) is 6.21. The average molecular weight is 359 g/mol. The normalized spacial score (nSPS) is 21.0. The smallest absolute Gasteiger partial charge is 0.392 e. The Bertz CT molecular complexity index is 826. The number of nitrogens with zero attached hydrogens (tertiary/aromatic N) is 4. The van der Waals surface area contributed by atoms with Gasteiger partial charge >= 0.3 is 5.76 Å². The molecule has 9 heteroatoms. The summed E-state index contributed by atoms with van der Waals surface area (Å²) >= 11 is 0. The lowest BCUT2D eigenvalue weighted by atomic mass is 9.97. The van der Waals surface area contributed by atoms with Gasteiger partial charge < -0.3 is 19.0 Å². The van der Waals surface area contributed by atoms with Gasteiger partial charge in [0.25, 0.3) is 5.91 Å². The lowest BCUT2D eigenvalue weighted by Crippen LogP contribution is -2.41. The summed E-state index contributed by atoms with van der Waals surface area (Å²) in [5.41, 5.74) is 1.49. The van der Waals surface area contributed by atoms with Crippen LogP contribution >= 0.6 is 0 Å². The molecule has 2 aromatic heterocycles. The van der Waals surface area contributed by atoms with Crippen LogP contribution in [0.15, 0.2) is 27.7 Å². The zero-order valence-corrected chi connectivity index (χ0v) is 14.4. The van der Waals surface area contributed by atoms with Gasteiger partial charge in [0.05, 0.1) is 36.6 Å². The first-order valence-corrected chi connectivity index (χ1v) is 8.84. The summed E-state index contributed by atoms with van der Waals surface area (Å²) < 4.78 is 10.5. The fourth-order valence-electron chi connectivity index (χ4n) is 3.57. The standard InChI is InChI=1S/C17H21N5O4/c23-16(13-3-4-18-10-14(13)21-6-8-25-9-7-21)22-5-1-2-12(11-22)15-19-20-17(24)26-15/h3-4,10,12H,1-2,5-9,11H2,(H,20,24). The number of hydrogen-bond donors (Lipinski definition) is 1. The molecule has 0 radical (unpaired) electrons. The van der Waals surface area contributed by atoms with Crippen molar-refractivity contribution >= 4 is 11.6 Å². The van der Waals surface area contributed by atoms with E-state index in [0.717, 1.165) is 31.6 Å². The van der Waals surface area contributed by atoms with Crippen LogP contribution in [0.1, 0.15) is 35.0 Å². The van der Waals surface area contributed by atoms with Crippen molar-refractivity contribution in [3.8, 4) is 0 Å². The van der Waals surface area contributed by atoms with E-state index >= 15 is 0 Å². The molecule has 1 unspecified atom stereocenters. The molecule has 2 fully saturated rings. The quantitative estimate of drug-likeness (QED) is 0.856. The summed E-state index contributed by atoms with van der Waals surface area (Å²) in [6, 6.07) is 1.77. The molecule has 0 spiro atoms. The summed E-state index contributed by atoms with van der Waals surface area (Å²) in [6.45, 7) is 3.94. The first-order chi connectivity index (χ1) is 12.7. The molecule has 1 amide bonds. The number of likely N-dealkylation sites (tertiary alicyclic amines) is 1. The Kier molecular flexibility index (Phi) is 4.70. The lowest BCUT2D eigenvalue weighted by Gasteiger charge is -2.34. The fraction of sp³-hybridized carbons (Fsp3) is 0.529. The van der Waals surface area contributed by atoms with Crippen molar-refractivity contribution in [3.63, 3.8) is 0 Å². The minimum atomic E-state index is -0.563. The second-order valence-electron chi connectivity index (χ2n) is 6.53. The molecule has 0 bridgehead atoms. The Balaban J connectivity index is 1.54. The van der Waals surface area contributed by atoms with Crippen molar-refractivity contribution in [2.45, 2.75) is 18.8 Å². The Labute approximate surface area is 150 Å². The van der Waals surface area contributed by atoms with Crippen LogP contribution in [-0.4, -0.2) is 65.4 Å². The molecular weight excluding hydrogens is 338 g/mol. The molecule has 0 aliphatic carbocycles. The Morgan fingerprint density at radius 2 is 2.12 bits per heavy atom. The van der Waals surface area contributed by atoms with Crippen molar-refractivity contribution < 1.29 is 13.9 Å². The monoisotopic (exact) mass is 359 g/mol. The highest BCUT2D eigenvalue weighted by atomic mass is 16.5. The number of ether oxygens (including phenoxy) is 1. The summed E-state index contributed by atoms with van der Waals surface area (Å²) in [4.78, 5) is 32.5. The third kappa shape index (κ3) is 3.34. The van der Waals surface area contributed by atoms with Crippen LogP contribution in [-0.2, 0) is 4.74 Å². The van der Waals surface area contributed by atoms with E-state index in [1.807, 2.05) is 4.90 Å². The van der Waals surface area contributed by atoms with E-state index in [2.05, 4.69) is 20.1 Å². The number of piperidine rings is 1. The maximum Gasteiger partial charge on any atom is 0.434 e. The highest BCUT2D eigenvalue weighted by Crippen LogP contribution is 2.28. The van der Waals surface area contributed by atoms with Gasteiger partial charge in [-0.3, -0.25) is 9.78 Å². The van der Waals surface area contributed by atoms with Crippen molar-refractivity contribution in [3.05, 3.63) is 40.5 Å². The highest BCUT2D eigenvalue weighted by Gasteiger charge is 2.30. The molecule has 2 aliphatic rings. The molecule has 26 heavy (non-hydrogen) atoms. The number of hydrogen-bond acceptors (Lipinski definition) is 7. The van der Waals surface area contributed by atoms with Crippen LogP contribution < -0.4 is 10.7 Å². The maximum absolute atomic E-state index is 13.2. The van der Waals surface area contributed by atoms with Crippen LogP contribution in [0.3, 0.4) is 0 Å². The predicted molar refractivity (Wildman–Crippen MR) is 92.3 cm³/mol. The van der Waals surface area contributed by atoms with Crippen LogP contribution in [0.5, 0.6) is 0 Å². The molecule has 1 N–H and O–H groups in total. The summed E-state index contributed by atoms with van der Waals surface area (Å²) in [5.74, 6) is -0.292. The van der Waals surface area contributed by atoms with E-state index in [4.69, 9.17) is 9.15 Å². The lowest BCUT2D eigenvalue weighted by molar-refractivity contribution is 0.0697. The van der Waals surface area contributed by atoms with Crippen molar-refractivity contribution in [1.82, 2.24) is 20.1 Å². The SMILES string of the molecule is O=C(c1ccncc1N1CCOCC1)N1CCCC(c2n[nH]c(=O)o2)C1. The van der Waals surface area contributed by atoms with Crippen LogP contribution in [0.2, 0.25) is 0 Å². The second kappa shape index (κ2) is 7.28. The number of H-pyrrole nitrogens is 1. The van der Waals surface area contributed by atoms with Crippen molar-refractivity contribution in [1.29, 1.82) is 0 Å². The van der Waals surface area contributed by atoms with Gasteiger partial charge in [0.2, 0.25) is 5.89 Å². The number of anilines is 1. The molecule has 2 saturated heterocycles. The first kappa shape index (κ1) is 16.8. The number of nitrogens with one attached hydrogen (secondary N) is 1. The van der Waals surface area contributed by atoms with Gasteiger partial charge in [-0.1, -0.05) is 0 Å². The Morgan fingerprint density at radius 1 is 1.27 bits per heavy atom. The zero-order valence-electron chi connectivity index (χ0n) is 14.4. The molecule has 9 nitrogen and oxygen atoms in total. The number of aromatic amines is 1. The number of pyridine rings is 1. The average Bonchev–Trinajstić information content (AvgIpc) is 3.15. The Morgan fingerprint density at radius 3 is 2.88 bits per heavy atom. The summed E-state index contributed by atoms with van der Waals surface area (Å²) in [6.07, 6.45) is 5.06. The third-order valence-electron chi connectivity index (χ3n) is 4.89. The molecule has 2 aliphatic heterocycles. The van der Waals surface area contributed by atoms with E-state index in [1.54, 1.807) is 18.5 Å². The molecule has 1 atom stereocenters. The molecular formula is C17H21N5O4. The number of morpholine rings is 1. The van der Waals surface area contributed by atoms with Crippen LogP contribution in [0.25, 0.3) is 0 Å². The van der Waals surface area contributed by atoms with Gasteiger partial charge in [-0.05, 0) is 18.9 Å². The summed E-state index contributed by atoms with van der Waals surface area (Å²) in [7, 11) is 0. The number of rotatable bonds is 3. The van der Waals surface area contributed by atoms with E-state index in [-0.39, 0.29) is 11.8 Å². The van der Waals surface area contributed by atoms with Gasteiger partial charge in [0, 0.05) is 32.4 Å². The van der Waals surface area contributed by atoms with E-state index < -0.39 is 5.76 Å². The molecule has 138 valence electrons. The molecule has 4 heterocycles. The van der Waals surface area contributed by atoms with Crippen molar-refractivity contribution in [2.24, 2.45) is 0 Å². The number of aromatic nitrogens is 3. The van der Waals surface area contributed by atoms with Crippen LogP contribution in [0, 0.1) is 0 Å². The van der Waals surface area contributed by atoms with Gasteiger partial charge in [0.15, 0.2) is 0 Å². The van der Waals surface area contributed by atoms with Gasteiger partial charge in [-0.25, -0.2) is 9.89 Å². The number of amides is 1. The van der Waals surface area contributed by atoms with E-state index in [0.29, 0.717) is 37.8 Å². The second-order valence-corrected chi connectivity index (χ2v) is 6.53. The van der Waals surface area contributed by atoms with Gasteiger partial charge in [-0.15, -0.1) is 5.10 Å². The van der Waals surface area contributed by atoms with Gasteiger partial charge in [-0.2, -0.15) is 0 Å².